The Balaban J connectivity index is 1.98. The van der Waals surface area contributed by atoms with E-state index in [0.29, 0.717) is 5.56 Å². The fourth-order valence-corrected chi connectivity index (χ4v) is 1.96. The van der Waals surface area contributed by atoms with E-state index in [1.165, 1.54) is 36.4 Å². The predicted octanol–water partition coefficient (Wildman–Crippen LogP) is 3.47. The second kappa shape index (κ2) is 7.65. The molecule has 0 heterocycles. The number of hydrogen-bond acceptors (Lipinski definition) is 4. The third-order valence-electron chi connectivity index (χ3n) is 3.07. The third-order valence-corrected chi connectivity index (χ3v) is 3.07. The lowest BCUT2D eigenvalue weighted by Gasteiger charge is -2.10. The van der Waals surface area contributed by atoms with Crippen LogP contribution in [0, 0.1) is 10.1 Å². The molecule has 0 aliphatic heterocycles. The lowest BCUT2D eigenvalue weighted by molar-refractivity contribution is -0.384. The molecule has 2 aromatic carbocycles. The number of ether oxygens (including phenoxy) is 1. The molecule has 0 bridgehead atoms. The average Bonchev–Trinajstić information content (AvgIpc) is 2.58. The molecule has 0 saturated carbocycles. The van der Waals surface area contributed by atoms with Gasteiger partial charge in [-0.25, -0.2) is 0 Å². The van der Waals surface area contributed by atoms with Gasteiger partial charge in [-0.3, -0.25) is 14.9 Å². The lowest BCUT2D eigenvalue weighted by atomic mass is 10.1. The second-order valence-corrected chi connectivity index (χ2v) is 5.04. The van der Waals surface area contributed by atoms with E-state index in [2.05, 4.69) is 10.1 Å². The number of nitro groups is 1. The molecule has 0 aliphatic carbocycles. The zero-order valence-electron chi connectivity index (χ0n) is 12.7. The van der Waals surface area contributed by atoms with Crippen molar-refractivity contribution in [2.24, 2.45) is 0 Å². The normalized spacial score (nSPS) is 11.0. The van der Waals surface area contributed by atoms with Gasteiger partial charge in [-0.2, -0.15) is 13.2 Å². The number of non-ortho nitro benzene ring substituents is 1. The van der Waals surface area contributed by atoms with Crippen LogP contribution in [-0.2, 0) is 6.54 Å². The molecule has 2 rings (SSSR count). The van der Waals surface area contributed by atoms with Crippen molar-refractivity contribution in [1.29, 1.82) is 0 Å². The topological polar surface area (TPSA) is 81.5 Å². The second-order valence-electron chi connectivity index (χ2n) is 5.04. The molecule has 25 heavy (non-hydrogen) atoms. The number of halogens is 3. The van der Waals surface area contributed by atoms with Crippen molar-refractivity contribution in [3.05, 3.63) is 69.8 Å². The smallest absolute Gasteiger partial charge is 0.422 e. The molecule has 0 aromatic heterocycles. The van der Waals surface area contributed by atoms with Gasteiger partial charge in [-0.05, 0) is 23.8 Å². The zero-order chi connectivity index (χ0) is 18.4. The molecule has 0 saturated heterocycles. The van der Waals surface area contributed by atoms with Gasteiger partial charge in [0.2, 0.25) is 0 Å². The molecule has 1 amide bonds. The summed E-state index contributed by atoms with van der Waals surface area (Å²) < 4.78 is 41.1. The summed E-state index contributed by atoms with van der Waals surface area (Å²) >= 11 is 0. The van der Waals surface area contributed by atoms with Gasteiger partial charge in [0.15, 0.2) is 6.61 Å². The highest BCUT2D eigenvalue weighted by Gasteiger charge is 2.28. The first kappa shape index (κ1) is 18.2. The highest BCUT2D eigenvalue weighted by Crippen LogP contribution is 2.19. The molecule has 6 nitrogen and oxygen atoms in total. The number of alkyl halides is 3. The Morgan fingerprint density at radius 3 is 2.56 bits per heavy atom. The minimum Gasteiger partial charge on any atom is -0.484 e. The Morgan fingerprint density at radius 1 is 1.16 bits per heavy atom. The van der Waals surface area contributed by atoms with E-state index in [1.54, 1.807) is 6.07 Å². The van der Waals surface area contributed by atoms with Crippen LogP contribution >= 0.6 is 0 Å². The van der Waals surface area contributed by atoms with Crippen molar-refractivity contribution in [3.8, 4) is 5.75 Å². The summed E-state index contributed by atoms with van der Waals surface area (Å²) in [4.78, 5) is 22.1. The number of carbonyl (C=O) groups excluding carboxylic acids is 1. The van der Waals surface area contributed by atoms with Crippen LogP contribution in [0.25, 0.3) is 0 Å². The zero-order valence-corrected chi connectivity index (χ0v) is 12.7. The van der Waals surface area contributed by atoms with Crippen LogP contribution in [0.1, 0.15) is 15.9 Å². The van der Waals surface area contributed by atoms with Crippen molar-refractivity contribution in [1.82, 2.24) is 5.32 Å². The first-order valence-electron chi connectivity index (χ1n) is 7.06. The molecule has 0 spiro atoms. The van der Waals surface area contributed by atoms with E-state index < -0.39 is 23.6 Å². The Labute approximate surface area is 140 Å². The Hall–Kier alpha value is -3.10. The van der Waals surface area contributed by atoms with Gasteiger partial charge in [0.05, 0.1) is 4.92 Å². The fourth-order valence-electron chi connectivity index (χ4n) is 1.96. The number of nitrogens with zero attached hydrogens (tertiary/aromatic N) is 1. The molecule has 0 fully saturated rings. The van der Waals surface area contributed by atoms with Gasteiger partial charge in [-0.1, -0.05) is 18.2 Å². The summed E-state index contributed by atoms with van der Waals surface area (Å²) in [6.07, 6.45) is -4.44. The molecule has 0 aliphatic rings. The molecule has 0 atom stereocenters. The van der Waals surface area contributed by atoms with Gasteiger partial charge in [0, 0.05) is 24.2 Å². The molecular formula is C16H13F3N2O4. The minimum absolute atomic E-state index is 0.0272. The summed E-state index contributed by atoms with van der Waals surface area (Å²) in [7, 11) is 0. The van der Waals surface area contributed by atoms with Crippen LogP contribution in [0.3, 0.4) is 0 Å². The lowest BCUT2D eigenvalue weighted by Crippen LogP contribution is -2.23. The summed E-state index contributed by atoms with van der Waals surface area (Å²) in [5.74, 6) is -0.510. The average molecular weight is 354 g/mol. The highest BCUT2D eigenvalue weighted by atomic mass is 19.4. The van der Waals surface area contributed by atoms with E-state index in [9.17, 15) is 28.1 Å². The first-order valence-corrected chi connectivity index (χ1v) is 7.06. The first-order chi connectivity index (χ1) is 11.7. The van der Waals surface area contributed by atoms with Crippen molar-refractivity contribution in [2.45, 2.75) is 12.7 Å². The van der Waals surface area contributed by atoms with Crippen molar-refractivity contribution >= 4 is 11.6 Å². The van der Waals surface area contributed by atoms with Gasteiger partial charge < -0.3 is 10.1 Å². The van der Waals surface area contributed by atoms with Crippen LogP contribution in [0.4, 0.5) is 18.9 Å². The molecule has 1 N–H and O–H groups in total. The fraction of sp³-hybridized carbons (Fsp3) is 0.188. The quantitative estimate of drug-likeness (QED) is 0.636. The number of benzene rings is 2. The van der Waals surface area contributed by atoms with E-state index in [-0.39, 0.29) is 23.5 Å². The molecule has 0 unspecified atom stereocenters. The van der Waals surface area contributed by atoms with Crippen molar-refractivity contribution in [2.75, 3.05) is 6.61 Å². The summed E-state index contributed by atoms with van der Waals surface area (Å²) in [5, 5.41) is 13.2. The maximum Gasteiger partial charge on any atom is 0.422 e. The number of amides is 1. The van der Waals surface area contributed by atoms with Gasteiger partial charge >= 0.3 is 6.18 Å². The van der Waals surface area contributed by atoms with Crippen LogP contribution in [0.2, 0.25) is 0 Å². The SMILES string of the molecule is O=C(NCc1cccc(OCC(F)(F)F)c1)c1cccc([N+](=O)[O-])c1. The molecule has 0 radical (unpaired) electrons. The maximum atomic E-state index is 12.1. The highest BCUT2D eigenvalue weighted by molar-refractivity contribution is 5.94. The Bertz CT molecular complexity index is 778. The van der Waals surface area contributed by atoms with E-state index in [4.69, 9.17) is 0 Å². The van der Waals surface area contributed by atoms with E-state index in [0.717, 1.165) is 6.07 Å². The van der Waals surface area contributed by atoms with Crippen LogP contribution < -0.4 is 10.1 Å². The minimum atomic E-state index is -4.44. The van der Waals surface area contributed by atoms with Gasteiger partial charge in [0.25, 0.3) is 11.6 Å². The molecular weight excluding hydrogens is 341 g/mol. The van der Waals surface area contributed by atoms with Crippen LogP contribution in [0.5, 0.6) is 5.75 Å². The van der Waals surface area contributed by atoms with Gasteiger partial charge in [-0.15, -0.1) is 0 Å². The summed E-state index contributed by atoms with van der Waals surface area (Å²) in [6.45, 7) is -1.37. The molecule has 132 valence electrons. The largest absolute Gasteiger partial charge is 0.484 e. The summed E-state index contributed by atoms with van der Waals surface area (Å²) in [5.41, 5.74) is 0.423. The number of nitro benzene ring substituents is 1. The molecule has 2 aromatic rings. The van der Waals surface area contributed by atoms with E-state index >= 15 is 0 Å². The Kier molecular flexibility index (Phi) is 5.58. The van der Waals surface area contributed by atoms with Crippen molar-refractivity contribution < 1.29 is 27.6 Å². The third kappa shape index (κ3) is 5.79. The van der Waals surface area contributed by atoms with E-state index in [1.807, 2.05) is 0 Å². The monoisotopic (exact) mass is 354 g/mol. The number of nitrogens with one attached hydrogen (secondary N) is 1. The van der Waals surface area contributed by atoms with Crippen LogP contribution in [0.15, 0.2) is 48.5 Å². The number of carbonyl (C=O) groups is 1. The predicted molar refractivity (Wildman–Crippen MR) is 82.3 cm³/mol. The maximum absolute atomic E-state index is 12.1. The molecule has 9 heteroatoms. The standard InChI is InChI=1S/C16H13F3N2O4/c17-16(18,19)10-25-14-6-1-3-11(7-14)9-20-15(22)12-4-2-5-13(8-12)21(23)24/h1-8H,9-10H2,(H,20,22). The van der Waals surface area contributed by atoms with Crippen LogP contribution in [-0.4, -0.2) is 23.6 Å². The number of rotatable bonds is 6. The summed E-state index contributed by atoms with van der Waals surface area (Å²) in [6, 6.07) is 11.1. The Morgan fingerprint density at radius 2 is 1.88 bits per heavy atom. The van der Waals surface area contributed by atoms with Crippen molar-refractivity contribution in [3.63, 3.8) is 0 Å². The van der Waals surface area contributed by atoms with Gasteiger partial charge in [0.1, 0.15) is 5.75 Å². The number of hydrogen-bond donors (Lipinski definition) is 1.